The molecular formula is C13H7BrF3N5. The van der Waals surface area contributed by atoms with Gasteiger partial charge in [-0.25, -0.2) is 0 Å². The summed E-state index contributed by atoms with van der Waals surface area (Å²) < 4.78 is 38.6. The number of rotatable bonds is 2. The quantitative estimate of drug-likeness (QED) is 0.693. The van der Waals surface area contributed by atoms with Crippen LogP contribution in [0, 0.1) is 0 Å². The van der Waals surface area contributed by atoms with Crippen LogP contribution in [0.1, 0.15) is 5.82 Å². The minimum atomic E-state index is -4.62. The molecule has 0 atom stereocenters. The number of nitrogens with zero attached hydrogens (tertiary/aromatic N) is 5. The van der Waals surface area contributed by atoms with E-state index in [4.69, 9.17) is 0 Å². The molecular weight excluding hydrogens is 363 g/mol. The Morgan fingerprint density at radius 2 is 1.68 bits per heavy atom. The lowest BCUT2D eigenvalue weighted by Gasteiger charge is -2.03. The number of aromatic nitrogens is 5. The predicted molar refractivity (Wildman–Crippen MR) is 75.1 cm³/mol. The van der Waals surface area contributed by atoms with Crippen LogP contribution in [0.15, 0.2) is 47.2 Å². The summed E-state index contributed by atoms with van der Waals surface area (Å²) in [5.74, 6) is -1.11. The lowest BCUT2D eigenvalue weighted by atomic mass is 10.1. The standard InChI is InChI=1S/C13H7BrF3N5/c14-12-18-11(13(15,16)17)21-22(12)10-7-6-9(19-20-10)8-4-2-1-3-5-8/h1-7H. The molecule has 112 valence electrons. The molecule has 0 amide bonds. The number of hydrogen-bond donors (Lipinski definition) is 0. The van der Waals surface area contributed by atoms with E-state index in [2.05, 4.69) is 36.2 Å². The highest BCUT2D eigenvalue weighted by Gasteiger charge is 2.37. The van der Waals surface area contributed by atoms with Gasteiger partial charge < -0.3 is 0 Å². The summed E-state index contributed by atoms with van der Waals surface area (Å²) in [4.78, 5) is 3.31. The fourth-order valence-corrected chi connectivity index (χ4v) is 2.19. The molecule has 0 unspecified atom stereocenters. The summed E-state index contributed by atoms with van der Waals surface area (Å²) in [6.07, 6.45) is -4.62. The first kappa shape index (κ1) is 14.6. The molecule has 3 rings (SSSR count). The molecule has 0 spiro atoms. The minimum Gasteiger partial charge on any atom is -0.196 e. The molecule has 0 radical (unpaired) electrons. The fourth-order valence-electron chi connectivity index (χ4n) is 1.76. The highest BCUT2D eigenvalue weighted by atomic mass is 79.9. The molecule has 3 aromatic rings. The van der Waals surface area contributed by atoms with E-state index in [1.807, 2.05) is 30.3 Å². The van der Waals surface area contributed by atoms with E-state index >= 15 is 0 Å². The van der Waals surface area contributed by atoms with Crippen molar-refractivity contribution in [1.29, 1.82) is 0 Å². The fraction of sp³-hybridized carbons (Fsp3) is 0.0769. The van der Waals surface area contributed by atoms with E-state index in [9.17, 15) is 13.2 Å². The first-order chi connectivity index (χ1) is 10.4. The molecule has 22 heavy (non-hydrogen) atoms. The maximum Gasteiger partial charge on any atom is 0.453 e. The zero-order valence-electron chi connectivity index (χ0n) is 10.8. The van der Waals surface area contributed by atoms with E-state index in [0.717, 1.165) is 10.2 Å². The smallest absolute Gasteiger partial charge is 0.196 e. The molecule has 0 fully saturated rings. The van der Waals surface area contributed by atoms with E-state index < -0.39 is 12.0 Å². The summed E-state index contributed by atoms with van der Waals surface area (Å²) in [6.45, 7) is 0. The normalized spacial score (nSPS) is 11.6. The van der Waals surface area contributed by atoms with Gasteiger partial charge in [0.05, 0.1) is 5.69 Å². The van der Waals surface area contributed by atoms with Gasteiger partial charge in [0, 0.05) is 5.56 Å². The van der Waals surface area contributed by atoms with Crippen LogP contribution in [0.2, 0.25) is 0 Å². The third kappa shape index (κ3) is 2.84. The minimum absolute atomic E-state index is 0.0958. The van der Waals surface area contributed by atoms with Gasteiger partial charge in [-0.15, -0.1) is 15.3 Å². The van der Waals surface area contributed by atoms with Gasteiger partial charge in [-0.1, -0.05) is 30.3 Å². The molecule has 0 bridgehead atoms. The third-order valence-corrected chi connectivity index (χ3v) is 3.27. The number of alkyl halides is 3. The van der Waals surface area contributed by atoms with Crippen molar-refractivity contribution in [3.05, 3.63) is 53.0 Å². The van der Waals surface area contributed by atoms with Crippen LogP contribution in [0.4, 0.5) is 13.2 Å². The topological polar surface area (TPSA) is 56.5 Å². The van der Waals surface area contributed by atoms with Crippen molar-refractivity contribution in [3.8, 4) is 17.1 Å². The number of benzene rings is 1. The van der Waals surface area contributed by atoms with Crippen molar-refractivity contribution in [2.45, 2.75) is 6.18 Å². The van der Waals surface area contributed by atoms with Crippen LogP contribution in [0.3, 0.4) is 0 Å². The van der Waals surface area contributed by atoms with Gasteiger partial charge in [0.15, 0.2) is 5.82 Å². The van der Waals surface area contributed by atoms with Gasteiger partial charge in [-0.2, -0.15) is 22.8 Å². The zero-order chi connectivity index (χ0) is 15.7. The third-order valence-electron chi connectivity index (χ3n) is 2.76. The first-order valence-electron chi connectivity index (χ1n) is 6.04. The Morgan fingerprint density at radius 3 is 2.23 bits per heavy atom. The van der Waals surface area contributed by atoms with Gasteiger partial charge in [-0.3, -0.25) is 0 Å². The lowest BCUT2D eigenvalue weighted by molar-refractivity contribution is -0.144. The number of halogens is 4. The molecule has 1 aromatic carbocycles. The van der Waals surface area contributed by atoms with Crippen LogP contribution in [0.25, 0.3) is 17.1 Å². The second-order valence-electron chi connectivity index (χ2n) is 4.26. The van der Waals surface area contributed by atoms with Crippen molar-refractivity contribution >= 4 is 15.9 Å². The van der Waals surface area contributed by atoms with Gasteiger partial charge in [-0.05, 0) is 28.1 Å². The molecule has 2 aromatic heterocycles. The van der Waals surface area contributed by atoms with Gasteiger partial charge in [0.1, 0.15) is 0 Å². The maximum absolute atomic E-state index is 12.6. The molecule has 0 saturated heterocycles. The Bertz CT molecular complexity index is 784. The Hall–Kier alpha value is -2.29. The van der Waals surface area contributed by atoms with Gasteiger partial charge in [0.25, 0.3) is 5.82 Å². The van der Waals surface area contributed by atoms with Crippen molar-refractivity contribution in [2.75, 3.05) is 0 Å². The van der Waals surface area contributed by atoms with Gasteiger partial charge >= 0.3 is 6.18 Å². The Kier molecular flexibility index (Phi) is 3.65. The molecule has 0 aliphatic carbocycles. The van der Waals surface area contributed by atoms with E-state index in [-0.39, 0.29) is 10.6 Å². The van der Waals surface area contributed by atoms with Gasteiger partial charge in [0.2, 0.25) is 4.73 Å². The van der Waals surface area contributed by atoms with E-state index in [1.165, 1.54) is 6.07 Å². The average Bonchev–Trinajstić information content (AvgIpc) is 2.90. The predicted octanol–water partition coefficient (Wildman–Crippen LogP) is 3.51. The molecule has 9 heteroatoms. The Labute approximate surface area is 131 Å². The van der Waals surface area contributed by atoms with Crippen molar-refractivity contribution in [1.82, 2.24) is 25.0 Å². The lowest BCUT2D eigenvalue weighted by Crippen LogP contribution is -2.09. The summed E-state index contributed by atoms with van der Waals surface area (Å²) in [5.41, 5.74) is 1.46. The van der Waals surface area contributed by atoms with Crippen molar-refractivity contribution in [2.24, 2.45) is 0 Å². The Morgan fingerprint density at radius 1 is 0.955 bits per heavy atom. The van der Waals surface area contributed by atoms with Crippen molar-refractivity contribution < 1.29 is 13.2 Å². The first-order valence-corrected chi connectivity index (χ1v) is 6.84. The van der Waals surface area contributed by atoms with Crippen LogP contribution >= 0.6 is 15.9 Å². The summed E-state index contributed by atoms with van der Waals surface area (Å²) in [6, 6.07) is 12.5. The average molecular weight is 370 g/mol. The molecule has 2 heterocycles. The summed E-state index contributed by atoms with van der Waals surface area (Å²) in [7, 11) is 0. The van der Waals surface area contributed by atoms with Crippen LogP contribution in [-0.4, -0.2) is 25.0 Å². The molecule has 0 aliphatic rings. The molecule has 0 aliphatic heterocycles. The van der Waals surface area contributed by atoms with E-state index in [0.29, 0.717) is 5.69 Å². The number of hydrogen-bond acceptors (Lipinski definition) is 4. The second kappa shape index (κ2) is 5.48. The molecule has 0 N–H and O–H groups in total. The highest BCUT2D eigenvalue weighted by molar-refractivity contribution is 9.10. The highest BCUT2D eigenvalue weighted by Crippen LogP contribution is 2.28. The van der Waals surface area contributed by atoms with E-state index in [1.54, 1.807) is 6.07 Å². The maximum atomic E-state index is 12.6. The van der Waals surface area contributed by atoms with Crippen LogP contribution < -0.4 is 0 Å². The van der Waals surface area contributed by atoms with Crippen LogP contribution in [0.5, 0.6) is 0 Å². The summed E-state index contributed by atoms with van der Waals surface area (Å²) in [5, 5.41) is 11.3. The summed E-state index contributed by atoms with van der Waals surface area (Å²) >= 11 is 2.93. The largest absolute Gasteiger partial charge is 0.453 e. The molecule has 0 saturated carbocycles. The second-order valence-corrected chi connectivity index (χ2v) is 4.97. The SMILES string of the molecule is FC(F)(F)c1nc(Br)n(-c2ccc(-c3ccccc3)nn2)n1. The monoisotopic (exact) mass is 369 g/mol. The van der Waals surface area contributed by atoms with Crippen LogP contribution in [-0.2, 0) is 6.18 Å². The Balaban J connectivity index is 1.95. The zero-order valence-corrected chi connectivity index (χ0v) is 12.4. The van der Waals surface area contributed by atoms with Crippen molar-refractivity contribution in [3.63, 3.8) is 0 Å². The molecule has 5 nitrogen and oxygen atoms in total.